The fourth-order valence-electron chi connectivity index (χ4n) is 2.37. The summed E-state index contributed by atoms with van der Waals surface area (Å²) in [7, 11) is 1.37. The predicted molar refractivity (Wildman–Crippen MR) is 73.4 cm³/mol. The van der Waals surface area contributed by atoms with Crippen molar-refractivity contribution in [1.82, 2.24) is 0 Å². The van der Waals surface area contributed by atoms with Gasteiger partial charge in [0.25, 0.3) is 0 Å². The summed E-state index contributed by atoms with van der Waals surface area (Å²) in [6.07, 6.45) is 3.34. The summed E-state index contributed by atoms with van der Waals surface area (Å²) in [6.45, 7) is 2.79. The molecule has 0 spiro atoms. The molecule has 0 saturated heterocycles. The molecule has 19 heavy (non-hydrogen) atoms. The second-order valence-corrected chi connectivity index (χ2v) is 4.73. The number of carbonyl (C=O) groups is 2. The molecule has 1 aromatic rings. The van der Waals surface area contributed by atoms with Gasteiger partial charge in [-0.1, -0.05) is 13.3 Å². The molecule has 1 aliphatic rings. The standard InChI is InChI=1S/C15H19NO3/c1-3-4-5-14(17)16-9-8-11-10-12(15(18)19-2)6-7-13(11)16/h6-7,10H,3-5,8-9H2,1-2H3. The molecule has 0 radical (unpaired) electrons. The van der Waals surface area contributed by atoms with E-state index in [1.807, 2.05) is 17.0 Å². The van der Waals surface area contributed by atoms with E-state index in [0.29, 0.717) is 18.5 Å². The van der Waals surface area contributed by atoms with Crippen LogP contribution in [0.15, 0.2) is 18.2 Å². The van der Waals surface area contributed by atoms with Crippen LogP contribution in [0.25, 0.3) is 0 Å². The molecule has 0 unspecified atom stereocenters. The molecular formula is C15H19NO3. The number of fused-ring (bicyclic) bond motifs is 1. The summed E-state index contributed by atoms with van der Waals surface area (Å²) < 4.78 is 4.70. The van der Waals surface area contributed by atoms with Crippen molar-refractivity contribution in [2.45, 2.75) is 32.6 Å². The molecule has 0 bridgehead atoms. The van der Waals surface area contributed by atoms with Crippen LogP contribution in [-0.2, 0) is 16.0 Å². The highest BCUT2D eigenvalue weighted by Crippen LogP contribution is 2.29. The molecule has 0 atom stereocenters. The zero-order valence-electron chi connectivity index (χ0n) is 11.4. The van der Waals surface area contributed by atoms with E-state index in [4.69, 9.17) is 4.74 Å². The van der Waals surface area contributed by atoms with Crippen molar-refractivity contribution < 1.29 is 14.3 Å². The number of esters is 1. The number of benzene rings is 1. The molecule has 1 aromatic carbocycles. The van der Waals surface area contributed by atoms with Crippen molar-refractivity contribution in [1.29, 1.82) is 0 Å². The average molecular weight is 261 g/mol. The van der Waals surface area contributed by atoms with Crippen LogP contribution in [0.2, 0.25) is 0 Å². The highest BCUT2D eigenvalue weighted by Gasteiger charge is 2.24. The highest BCUT2D eigenvalue weighted by atomic mass is 16.5. The molecule has 0 aliphatic carbocycles. The first kappa shape index (κ1) is 13.6. The summed E-state index contributed by atoms with van der Waals surface area (Å²) in [5.74, 6) is -0.162. The smallest absolute Gasteiger partial charge is 0.337 e. The van der Waals surface area contributed by atoms with Gasteiger partial charge in [0.1, 0.15) is 0 Å². The lowest BCUT2D eigenvalue weighted by Crippen LogP contribution is -2.28. The Labute approximate surface area is 113 Å². The van der Waals surface area contributed by atoms with Gasteiger partial charge < -0.3 is 9.64 Å². The van der Waals surface area contributed by atoms with E-state index >= 15 is 0 Å². The quantitative estimate of drug-likeness (QED) is 0.782. The number of methoxy groups -OCH3 is 1. The number of carbonyl (C=O) groups excluding carboxylic acids is 2. The molecule has 1 aliphatic heterocycles. The summed E-state index contributed by atoms with van der Waals surface area (Å²) >= 11 is 0. The van der Waals surface area contributed by atoms with Gasteiger partial charge in [0, 0.05) is 18.7 Å². The van der Waals surface area contributed by atoms with Gasteiger partial charge in [-0.25, -0.2) is 4.79 Å². The summed E-state index contributed by atoms with van der Waals surface area (Å²) in [5, 5.41) is 0. The number of rotatable bonds is 4. The number of unbranched alkanes of at least 4 members (excludes halogenated alkanes) is 1. The fourth-order valence-corrected chi connectivity index (χ4v) is 2.37. The monoisotopic (exact) mass is 261 g/mol. The largest absolute Gasteiger partial charge is 0.465 e. The van der Waals surface area contributed by atoms with Gasteiger partial charge in [-0.15, -0.1) is 0 Å². The molecule has 0 fully saturated rings. The second-order valence-electron chi connectivity index (χ2n) is 4.73. The van der Waals surface area contributed by atoms with E-state index < -0.39 is 0 Å². The van der Waals surface area contributed by atoms with Crippen molar-refractivity contribution in [3.63, 3.8) is 0 Å². The van der Waals surface area contributed by atoms with Gasteiger partial charge in [0.2, 0.25) is 5.91 Å². The number of anilines is 1. The molecule has 0 saturated carbocycles. The van der Waals surface area contributed by atoms with Gasteiger partial charge in [-0.05, 0) is 36.6 Å². The third kappa shape index (κ3) is 2.78. The number of nitrogens with zero attached hydrogens (tertiary/aromatic N) is 1. The Kier molecular flexibility index (Phi) is 4.20. The van der Waals surface area contributed by atoms with Gasteiger partial charge in [-0.3, -0.25) is 4.79 Å². The lowest BCUT2D eigenvalue weighted by atomic mass is 10.1. The van der Waals surface area contributed by atoms with E-state index in [0.717, 1.165) is 30.5 Å². The summed E-state index contributed by atoms with van der Waals surface area (Å²) in [6, 6.07) is 5.39. The van der Waals surface area contributed by atoms with Crippen LogP contribution in [0.3, 0.4) is 0 Å². The maximum atomic E-state index is 12.1. The summed E-state index contributed by atoms with van der Waals surface area (Å²) in [5.41, 5.74) is 2.53. The maximum absolute atomic E-state index is 12.1. The predicted octanol–water partition coefficient (Wildman–Crippen LogP) is 2.55. The first-order valence-corrected chi connectivity index (χ1v) is 6.69. The van der Waals surface area contributed by atoms with Crippen molar-refractivity contribution in [2.24, 2.45) is 0 Å². The molecule has 102 valence electrons. The van der Waals surface area contributed by atoms with Gasteiger partial charge in [-0.2, -0.15) is 0 Å². The van der Waals surface area contributed by atoms with Crippen molar-refractivity contribution >= 4 is 17.6 Å². The number of ether oxygens (including phenoxy) is 1. The first-order chi connectivity index (χ1) is 9.17. The molecule has 1 heterocycles. The minimum atomic E-state index is -0.335. The second kappa shape index (κ2) is 5.87. The zero-order chi connectivity index (χ0) is 13.8. The van der Waals surface area contributed by atoms with Crippen molar-refractivity contribution in [3.05, 3.63) is 29.3 Å². The van der Waals surface area contributed by atoms with Gasteiger partial charge in [0.15, 0.2) is 0 Å². The van der Waals surface area contributed by atoms with Crippen LogP contribution in [0.4, 0.5) is 5.69 Å². The SMILES string of the molecule is CCCCC(=O)N1CCc2cc(C(=O)OC)ccc21. The van der Waals surface area contributed by atoms with Gasteiger partial charge in [0.05, 0.1) is 12.7 Å². The highest BCUT2D eigenvalue weighted by molar-refractivity contribution is 5.97. The Morgan fingerprint density at radius 1 is 1.37 bits per heavy atom. The van der Waals surface area contributed by atoms with E-state index in [9.17, 15) is 9.59 Å². The average Bonchev–Trinajstić information content (AvgIpc) is 2.86. The van der Waals surface area contributed by atoms with Crippen molar-refractivity contribution in [3.8, 4) is 0 Å². The number of amides is 1. The molecule has 0 N–H and O–H groups in total. The topological polar surface area (TPSA) is 46.6 Å². The lowest BCUT2D eigenvalue weighted by molar-refractivity contribution is -0.118. The Hall–Kier alpha value is -1.84. The molecule has 4 nitrogen and oxygen atoms in total. The number of hydrogen-bond donors (Lipinski definition) is 0. The van der Waals surface area contributed by atoms with E-state index in [2.05, 4.69) is 6.92 Å². The number of hydrogen-bond acceptors (Lipinski definition) is 3. The van der Waals surface area contributed by atoms with Crippen LogP contribution < -0.4 is 4.90 Å². The van der Waals surface area contributed by atoms with Crippen LogP contribution >= 0.6 is 0 Å². The first-order valence-electron chi connectivity index (χ1n) is 6.69. The third-order valence-electron chi connectivity index (χ3n) is 3.44. The Morgan fingerprint density at radius 2 is 2.16 bits per heavy atom. The normalized spacial score (nSPS) is 13.3. The molecule has 0 aromatic heterocycles. The molecule has 2 rings (SSSR count). The third-order valence-corrected chi connectivity index (χ3v) is 3.44. The Bertz CT molecular complexity index is 496. The van der Waals surface area contributed by atoms with Crippen LogP contribution in [0.1, 0.15) is 42.1 Å². The van der Waals surface area contributed by atoms with E-state index in [1.165, 1.54) is 7.11 Å². The maximum Gasteiger partial charge on any atom is 0.337 e. The minimum Gasteiger partial charge on any atom is -0.465 e. The van der Waals surface area contributed by atoms with Crippen LogP contribution in [-0.4, -0.2) is 25.5 Å². The molecular weight excluding hydrogens is 242 g/mol. The molecule has 1 amide bonds. The Balaban J connectivity index is 2.17. The van der Waals surface area contributed by atoms with E-state index in [-0.39, 0.29) is 11.9 Å². The lowest BCUT2D eigenvalue weighted by Gasteiger charge is -2.17. The fraction of sp³-hybridized carbons (Fsp3) is 0.467. The van der Waals surface area contributed by atoms with Gasteiger partial charge >= 0.3 is 5.97 Å². The minimum absolute atomic E-state index is 0.173. The van der Waals surface area contributed by atoms with Crippen molar-refractivity contribution in [2.75, 3.05) is 18.6 Å². The van der Waals surface area contributed by atoms with Crippen LogP contribution in [0, 0.1) is 0 Å². The Morgan fingerprint density at radius 3 is 2.84 bits per heavy atom. The zero-order valence-corrected chi connectivity index (χ0v) is 11.4. The van der Waals surface area contributed by atoms with E-state index in [1.54, 1.807) is 6.07 Å². The van der Waals surface area contributed by atoms with Crippen LogP contribution in [0.5, 0.6) is 0 Å². The molecule has 4 heteroatoms. The summed E-state index contributed by atoms with van der Waals surface area (Å²) in [4.78, 5) is 25.4.